The molecule has 0 saturated carbocycles. The number of amides is 1. The molecule has 4 aromatic rings. The highest BCUT2D eigenvalue weighted by Gasteiger charge is 2.31. The summed E-state index contributed by atoms with van der Waals surface area (Å²) < 4.78 is 18.7. The first-order valence-corrected chi connectivity index (χ1v) is 12.1. The van der Waals surface area contributed by atoms with Crippen molar-refractivity contribution < 1.29 is 18.7 Å². The Morgan fingerprint density at radius 2 is 2.00 bits per heavy atom. The molecule has 1 unspecified atom stereocenters. The summed E-state index contributed by atoms with van der Waals surface area (Å²) in [5.41, 5.74) is 2.01. The Bertz CT molecular complexity index is 1540. The zero-order valence-electron chi connectivity index (χ0n) is 20.1. The van der Waals surface area contributed by atoms with Gasteiger partial charge in [-0.2, -0.15) is 0 Å². The SMILES string of the molecule is CCn1cc(C(=O)N2CCCC(c3nnc(-c4ccc5c(c4)OCO5)o3)C2)c(=O)c2ccc(C)nc21. The lowest BCUT2D eigenvalue weighted by atomic mass is 9.97. The molecule has 184 valence electrons. The number of aryl methyl sites for hydroxylation is 2. The summed E-state index contributed by atoms with van der Waals surface area (Å²) in [7, 11) is 0. The van der Waals surface area contributed by atoms with Crippen LogP contribution in [0.1, 0.15) is 47.6 Å². The number of fused-ring (bicyclic) bond motifs is 2. The van der Waals surface area contributed by atoms with Crippen molar-refractivity contribution in [3.05, 3.63) is 63.9 Å². The van der Waals surface area contributed by atoms with Crippen molar-refractivity contribution in [2.75, 3.05) is 19.9 Å². The van der Waals surface area contributed by atoms with Crippen molar-refractivity contribution in [1.29, 1.82) is 0 Å². The van der Waals surface area contributed by atoms with E-state index in [2.05, 4.69) is 15.2 Å². The van der Waals surface area contributed by atoms with Crippen LogP contribution in [-0.4, -0.2) is 50.4 Å². The molecule has 1 amide bonds. The van der Waals surface area contributed by atoms with Crippen LogP contribution in [-0.2, 0) is 6.54 Å². The van der Waals surface area contributed by atoms with E-state index in [1.807, 2.05) is 36.6 Å². The van der Waals surface area contributed by atoms with Crippen molar-refractivity contribution in [3.8, 4) is 23.0 Å². The van der Waals surface area contributed by atoms with Gasteiger partial charge in [-0.1, -0.05) is 0 Å². The van der Waals surface area contributed by atoms with Crippen LogP contribution in [0.25, 0.3) is 22.5 Å². The highest BCUT2D eigenvalue weighted by atomic mass is 16.7. The number of carbonyl (C=O) groups excluding carboxylic acids is 1. The van der Waals surface area contributed by atoms with Gasteiger partial charge in [-0.3, -0.25) is 9.59 Å². The maximum Gasteiger partial charge on any atom is 0.259 e. The molecule has 1 atom stereocenters. The monoisotopic (exact) mass is 487 g/mol. The van der Waals surface area contributed by atoms with E-state index in [1.165, 1.54) is 0 Å². The Morgan fingerprint density at radius 3 is 2.86 bits per heavy atom. The van der Waals surface area contributed by atoms with Gasteiger partial charge in [-0.15, -0.1) is 10.2 Å². The summed E-state index contributed by atoms with van der Waals surface area (Å²) in [4.78, 5) is 33.0. The second kappa shape index (κ2) is 8.78. The van der Waals surface area contributed by atoms with Gasteiger partial charge in [0, 0.05) is 37.1 Å². The van der Waals surface area contributed by atoms with Gasteiger partial charge in [0.15, 0.2) is 11.5 Å². The number of likely N-dealkylation sites (tertiary alicyclic amines) is 1. The van der Waals surface area contributed by atoms with Gasteiger partial charge < -0.3 is 23.4 Å². The minimum atomic E-state index is -0.294. The minimum Gasteiger partial charge on any atom is -0.454 e. The fourth-order valence-corrected chi connectivity index (χ4v) is 4.83. The van der Waals surface area contributed by atoms with E-state index in [0.29, 0.717) is 53.9 Å². The second-order valence-electron chi connectivity index (χ2n) is 9.09. The fourth-order valence-electron chi connectivity index (χ4n) is 4.83. The van der Waals surface area contributed by atoms with Crippen molar-refractivity contribution in [2.24, 2.45) is 0 Å². The summed E-state index contributed by atoms with van der Waals surface area (Å²) in [5, 5.41) is 8.94. The first-order valence-electron chi connectivity index (χ1n) is 12.1. The molecule has 10 heteroatoms. The number of aromatic nitrogens is 4. The van der Waals surface area contributed by atoms with Crippen molar-refractivity contribution in [1.82, 2.24) is 24.6 Å². The quantitative estimate of drug-likeness (QED) is 0.430. The molecule has 0 N–H and O–H groups in total. The van der Waals surface area contributed by atoms with Gasteiger partial charge >= 0.3 is 0 Å². The van der Waals surface area contributed by atoms with Crippen LogP contribution in [0.4, 0.5) is 0 Å². The van der Waals surface area contributed by atoms with Gasteiger partial charge in [-0.05, 0) is 57.0 Å². The summed E-state index contributed by atoms with van der Waals surface area (Å²) in [6, 6.07) is 9.01. The highest BCUT2D eigenvalue weighted by Crippen LogP contribution is 2.36. The van der Waals surface area contributed by atoms with Crippen molar-refractivity contribution in [2.45, 2.75) is 39.2 Å². The Labute approximate surface area is 206 Å². The van der Waals surface area contributed by atoms with Crippen LogP contribution in [0.3, 0.4) is 0 Å². The largest absolute Gasteiger partial charge is 0.454 e. The van der Waals surface area contributed by atoms with Crippen LogP contribution in [0.15, 0.2) is 45.7 Å². The van der Waals surface area contributed by atoms with E-state index < -0.39 is 0 Å². The van der Waals surface area contributed by atoms with E-state index in [0.717, 1.165) is 24.1 Å². The number of piperidine rings is 1. The number of pyridine rings is 2. The van der Waals surface area contributed by atoms with Gasteiger partial charge in [-0.25, -0.2) is 4.98 Å². The molecule has 0 aliphatic carbocycles. The molecule has 10 nitrogen and oxygen atoms in total. The van der Waals surface area contributed by atoms with Gasteiger partial charge in [0.1, 0.15) is 11.2 Å². The normalized spacial score (nSPS) is 17.1. The lowest BCUT2D eigenvalue weighted by molar-refractivity contribution is 0.0696. The summed E-state index contributed by atoms with van der Waals surface area (Å²) in [5.74, 6) is 1.78. The smallest absolute Gasteiger partial charge is 0.259 e. The molecule has 1 aromatic carbocycles. The van der Waals surface area contributed by atoms with Gasteiger partial charge in [0.25, 0.3) is 5.91 Å². The average Bonchev–Trinajstić information content (AvgIpc) is 3.58. The molecule has 6 rings (SSSR count). The van der Waals surface area contributed by atoms with Gasteiger partial charge in [0.05, 0.1) is 11.3 Å². The Hall–Kier alpha value is -4.21. The number of nitrogens with zero attached hydrogens (tertiary/aromatic N) is 5. The summed E-state index contributed by atoms with van der Waals surface area (Å²) in [6.45, 7) is 5.60. The summed E-state index contributed by atoms with van der Waals surface area (Å²) >= 11 is 0. The molecule has 2 aliphatic heterocycles. The Kier molecular flexibility index (Phi) is 5.43. The number of carbonyl (C=O) groups is 1. The van der Waals surface area contributed by atoms with E-state index in [9.17, 15) is 9.59 Å². The summed E-state index contributed by atoms with van der Waals surface area (Å²) in [6.07, 6.45) is 3.22. The molecule has 0 bridgehead atoms. The van der Waals surface area contributed by atoms with Crippen LogP contribution in [0.5, 0.6) is 11.5 Å². The van der Waals surface area contributed by atoms with E-state index in [1.54, 1.807) is 23.2 Å². The van der Waals surface area contributed by atoms with Crippen molar-refractivity contribution >= 4 is 16.9 Å². The molecule has 36 heavy (non-hydrogen) atoms. The lowest BCUT2D eigenvalue weighted by Crippen LogP contribution is -2.41. The maximum atomic E-state index is 13.5. The first kappa shape index (κ1) is 22.3. The molecule has 2 aliphatic rings. The minimum absolute atomic E-state index is 0.115. The van der Waals surface area contributed by atoms with E-state index in [4.69, 9.17) is 13.9 Å². The third kappa shape index (κ3) is 3.78. The Morgan fingerprint density at radius 1 is 1.14 bits per heavy atom. The topological polar surface area (TPSA) is 113 Å². The third-order valence-corrected chi connectivity index (χ3v) is 6.75. The molecular weight excluding hydrogens is 462 g/mol. The fraction of sp³-hybridized carbons (Fsp3) is 0.346. The molecule has 0 spiro atoms. The van der Waals surface area contributed by atoms with E-state index >= 15 is 0 Å². The molecule has 3 aromatic heterocycles. The predicted octanol–water partition coefficient (Wildman–Crippen LogP) is 3.52. The molecule has 0 radical (unpaired) electrons. The molecule has 1 fully saturated rings. The predicted molar refractivity (Wildman–Crippen MR) is 130 cm³/mol. The van der Waals surface area contributed by atoms with E-state index in [-0.39, 0.29) is 29.6 Å². The third-order valence-electron chi connectivity index (χ3n) is 6.75. The number of benzene rings is 1. The Balaban J connectivity index is 1.26. The van der Waals surface area contributed by atoms with Gasteiger partial charge in [0.2, 0.25) is 24.0 Å². The zero-order valence-corrected chi connectivity index (χ0v) is 20.1. The zero-order chi connectivity index (χ0) is 24.8. The molecule has 1 saturated heterocycles. The van der Waals surface area contributed by atoms with Crippen LogP contribution >= 0.6 is 0 Å². The lowest BCUT2D eigenvalue weighted by Gasteiger charge is -2.31. The average molecular weight is 488 g/mol. The number of ether oxygens (including phenoxy) is 2. The number of rotatable bonds is 4. The maximum absolute atomic E-state index is 13.5. The molecular formula is C26H25N5O5. The standard InChI is InChI=1S/C26H25N5O5/c1-3-30-13-19(22(32)18-8-6-15(2)27-23(18)30)26(33)31-10-4-5-17(12-31)25-29-28-24(36-25)16-7-9-20-21(11-16)35-14-34-20/h6-9,11,13,17H,3-5,10,12,14H2,1-2H3. The second-order valence-corrected chi connectivity index (χ2v) is 9.09. The number of hydrogen-bond donors (Lipinski definition) is 0. The number of hydrogen-bond acceptors (Lipinski definition) is 8. The van der Waals surface area contributed by atoms with Crippen LogP contribution in [0.2, 0.25) is 0 Å². The molecule has 5 heterocycles. The highest BCUT2D eigenvalue weighted by molar-refractivity contribution is 5.97. The first-order chi connectivity index (χ1) is 17.5. The van der Waals surface area contributed by atoms with Crippen LogP contribution in [0, 0.1) is 6.92 Å². The van der Waals surface area contributed by atoms with Crippen LogP contribution < -0.4 is 14.9 Å². The van der Waals surface area contributed by atoms with Crippen molar-refractivity contribution in [3.63, 3.8) is 0 Å².